The Bertz CT molecular complexity index is 1100. The summed E-state index contributed by atoms with van der Waals surface area (Å²) in [5, 5.41) is 14.3. The Balaban J connectivity index is 1.40. The number of rotatable bonds is 5. The van der Waals surface area contributed by atoms with E-state index in [4.69, 9.17) is 4.74 Å². The average Bonchev–Trinajstić information content (AvgIpc) is 3.14. The van der Waals surface area contributed by atoms with Gasteiger partial charge in [-0.25, -0.2) is 4.79 Å². The monoisotopic (exact) mass is 451 g/mol. The van der Waals surface area contributed by atoms with E-state index in [1.165, 1.54) is 55.3 Å². The molecule has 1 N–H and O–H groups in total. The Kier molecular flexibility index (Phi) is 6.65. The van der Waals surface area contributed by atoms with Crippen LogP contribution in [0, 0.1) is 10.1 Å². The van der Waals surface area contributed by atoms with Crippen molar-refractivity contribution in [2.75, 3.05) is 0 Å². The molecule has 1 saturated carbocycles. The number of non-ortho nitro benzene ring substituents is 1. The van der Waals surface area contributed by atoms with Gasteiger partial charge in [0.2, 0.25) is 0 Å². The predicted molar refractivity (Wildman–Crippen MR) is 123 cm³/mol. The highest BCUT2D eigenvalue weighted by molar-refractivity contribution is 8.18. The van der Waals surface area contributed by atoms with Crippen LogP contribution in [0.15, 0.2) is 58.4 Å². The van der Waals surface area contributed by atoms with Gasteiger partial charge in [-0.05, 0) is 54.4 Å². The topological polar surface area (TPSA) is 111 Å². The van der Waals surface area contributed by atoms with Crippen molar-refractivity contribution in [3.63, 3.8) is 0 Å². The third-order valence-corrected chi connectivity index (χ3v) is 6.13. The van der Waals surface area contributed by atoms with E-state index in [-0.39, 0.29) is 23.2 Å². The zero-order valence-electron chi connectivity index (χ0n) is 17.2. The minimum absolute atomic E-state index is 0.0919. The number of aliphatic imine (C=N–C) groups is 1. The summed E-state index contributed by atoms with van der Waals surface area (Å²) in [5.74, 6) is -0.563. The van der Waals surface area contributed by atoms with Crippen LogP contribution < -0.4 is 10.1 Å². The van der Waals surface area contributed by atoms with Crippen molar-refractivity contribution in [1.29, 1.82) is 0 Å². The van der Waals surface area contributed by atoms with Crippen LogP contribution in [0.4, 0.5) is 5.69 Å². The van der Waals surface area contributed by atoms with Crippen molar-refractivity contribution in [3.8, 4) is 5.75 Å². The zero-order chi connectivity index (χ0) is 22.5. The Morgan fingerprint density at radius 1 is 1.16 bits per heavy atom. The van der Waals surface area contributed by atoms with E-state index in [1.807, 2.05) is 0 Å². The van der Waals surface area contributed by atoms with Crippen LogP contribution in [0.2, 0.25) is 0 Å². The van der Waals surface area contributed by atoms with E-state index in [9.17, 15) is 19.7 Å². The fraction of sp³-hybridized carbons (Fsp3) is 0.261. The summed E-state index contributed by atoms with van der Waals surface area (Å²) >= 11 is 1.33. The number of hydrogen-bond acceptors (Lipinski definition) is 7. The lowest BCUT2D eigenvalue weighted by Gasteiger charge is -2.17. The highest BCUT2D eigenvalue weighted by Crippen LogP contribution is 2.29. The van der Waals surface area contributed by atoms with E-state index in [0.717, 1.165) is 18.4 Å². The van der Waals surface area contributed by atoms with E-state index in [2.05, 4.69) is 10.3 Å². The number of thioether (sulfide) groups is 1. The average molecular weight is 452 g/mol. The molecule has 2 aromatic carbocycles. The van der Waals surface area contributed by atoms with Gasteiger partial charge < -0.3 is 10.1 Å². The predicted octanol–water partition coefficient (Wildman–Crippen LogP) is 4.71. The number of carbonyl (C=O) groups is 2. The molecule has 0 spiro atoms. The molecule has 0 aromatic heterocycles. The molecule has 1 amide bonds. The number of nitro groups is 1. The standard InChI is InChI=1S/C23H21N3O5S/c27-21-20(32-23(25-21)24-17-6-2-1-3-7-17)13-15-9-11-19(12-10-15)31-22(28)16-5-4-8-18(14-16)26(29)30/h4-5,8-14,17H,1-3,6-7H2,(H,24,25,27). The number of amidine groups is 1. The molecule has 0 unspecified atom stereocenters. The molecule has 1 heterocycles. The minimum atomic E-state index is -0.686. The van der Waals surface area contributed by atoms with Gasteiger partial charge in [0, 0.05) is 12.1 Å². The second-order valence-electron chi connectivity index (χ2n) is 7.56. The van der Waals surface area contributed by atoms with Crippen molar-refractivity contribution in [2.24, 2.45) is 4.99 Å². The van der Waals surface area contributed by atoms with Crippen molar-refractivity contribution in [2.45, 2.75) is 38.1 Å². The molecule has 8 nitrogen and oxygen atoms in total. The quantitative estimate of drug-likeness (QED) is 0.232. The summed E-state index contributed by atoms with van der Waals surface area (Å²) in [6.07, 6.45) is 7.50. The molecule has 0 radical (unpaired) electrons. The maximum absolute atomic E-state index is 12.3. The molecule has 0 bridgehead atoms. The number of nitrogens with zero attached hydrogens (tertiary/aromatic N) is 2. The number of amides is 1. The van der Waals surface area contributed by atoms with Crippen LogP contribution in [0.3, 0.4) is 0 Å². The third kappa shape index (κ3) is 5.42. The maximum atomic E-state index is 12.3. The van der Waals surface area contributed by atoms with Crippen molar-refractivity contribution in [1.82, 2.24) is 5.32 Å². The molecule has 32 heavy (non-hydrogen) atoms. The van der Waals surface area contributed by atoms with Gasteiger partial charge in [0.1, 0.15) is 5.75 Å². The summed E-state index contributed by atoms with van der Waals surface area (Å²) < 4.78 is 5.30. The van der Waals surface area contributed by atoms with Gasteiger partial charge >= 0.3 is 5.97 Å². The Morgan fingerprint density at radius 2 is 1.91 bits per heavy atom. The van der Waals surface area contributed by atoms with E-state index in [1.54, 1.807) is 30.3 Å². The molecule has 1 aliphatic carbocycles. The number of nitro benzene ring substituents is 1. The van der Waals surface area contributed by atoms with Gasteiger partial charge in [-0.15, -0.1) is 0 Å². The van der Waals surface area contributed by atoms with Gasteiger partial charge in [0.15, 0.2) is 5.17 Å². The summed E-state index contributed by atoms with van der Waals surface area (Å²) in [4.78, 5) is 40.1. The molecule has 2 fully saturated rings. The Morgan fingerprint density at radius 3 is 2.62 bits per heavy atom. The number of carbonyl (C=O) groups excluding carboxylic acids is 2. The highest BCUT2D eigenvalue weighted by Gasteiger charge is 2.25. The first-order valence-electron chi connectivity index (χ1n) is 10.3. The second-order valence-corrected chi connectivity index (χ2v) is 8.59. The first-order chi connectivity index (χ1) is 15.5. The molecule has 1 saturated heterocycles. The van der Waals surface area contributed by atoms with Gasteiger partial charge in [-0.2, -0.15) is 0 Å². The molecule has 164 valence electrons. The lowest BCUT2D eigenvalue weighted by Crippen LogP contribution is -2.22. The largest absolute Gasteiger partial charge is 0.423 e. The van der Waals surface area contributed by atoms with Crippen LogP contribution in [0.25, 0.3) is 6.08 Å². The zero-order valence-corrected chi connectivity index (χ0v) is 18.0. The lowest BCUT2D eigenvalue weighted by molar-refractivity contribution is -0.384. The van der Waals surface area contributed by atoms with Gasteiger partial charge in [0.05, 0.1) is 21.4 Å². The minimum Gasteiger partial charge on any atom is -0.423 e. The molecule has 2 aromatic rings. The van der Waals surface area contributed by atoms with Crippen molar-refractivity contribution in [3.05, 3.63) is 74.7 Å². The first-order valence-corrected chi connectivity index (χ1v) is 11.1. The molecule has 0 atom stereocenters. The van der Waals surface area contributed by atoms with Gasteiger partial charge in [-0.3, -0.25) is 19.9 Å². The summed E-state index contributed by atoms with van der Waals surface area (Å²) in [5.41, 5.74) is 0.686. The van der Waals surface area contributed by atoms with Crippen LogP contribution in [0.1, 0.15) is 48.0 Å². The fourth-order valence-corrected chi connectivity index (χ4v) is 4.45. The second kappa shape index (κ2) is 9.78. The van der Waals surface area contributed by atoms with E-state index < -0.39 is 10.9 Å². The van der Waals surface area contributed by atoms with Gasteiger partial charge in [0.25, 0.3) is 11.6 Å². The van der Waals surface area contributed by atoms with E-state index >= 15 is 0 Å². The normalized spacial score (nSPS) is 19.2. The Labute approximate surface area is 188 Å². The highest BCUT2D eigenvalue weighted by atomic mass is 32.2. The van der Waals surface area contributed by atoms with Gasteiger partial charge in [-0.1, -0.05) is 37.5 Å². The molecule has 9 heteroatoms. The molecular weight excluding hydrogens is 430 g/mol. The summed E-state index contributed by atoms with van der Waals surface area (Å²) in [6.45, 7) is 0. The first kappa shape index (κ1) is 21.8. The van der Waals surface area contributed by atoms with E-state index in [0.29, 0.717) is 15.8 Å². The summed E-state index contributed by atoms with van der Waals surface area (Å²) in [6, 6.07) is 12.3. The molecule has 1 aliphatic heterocycles. The molecular formula is C23H21N3O5S. The SMILES string of the molecule is O=C1NC(=NC2CCCCC2)SC1=Cc1ccc(OC(=O)c2cccc([N+](=O)[O-])c2)cc1. The van der Waals surface area contributed by atoms with Crippen LogP contribution in [-0.2, 0) is 4.79 Å². The van der Waals surface area contributed by atoms with Crippen LogP contribution in [0.5, 0.6) is 5.75 Å². The Hall–Kier alpha value is -3.46. The summed E-state index contributed by atoms with van der Waals surface area (Å²) in [7, 11) is 0. The van der Waals surface area contributed by atoms with Crippen LogP contribution in [-0.4, -0.2) is 28.0 Å². The number of esters is 1. The molecule has 2 aliphatic rings. The number of hydrogen-bond donors (Lipinski definition) is 1. The fourth-order valence-electron chi connectivity index (χ4n) is 3.56. The van der Waals surface area contributed by atoms with Crippen molar-refractivity contribution < 1.29 is 19.2 Å². The lowest BCUT2D eigenvalue weighted by atomic mass is 9.96. The number of nitrogens with one attached hydrogen (secondary N) is 1. The van der Waals surface area contributed by atoms with Crippen LogP contribution >= 0.6 is 11.8 Å². The molecule has 4 rings (SSSR count). The third-order valence-electron chi connectivity index (χ3n) is 5.21. The number of ether oxygens (including phenoxy) is 1. The smallest absolute Gasteiger partial charge is 0.343 e. The van der Waals surface area contributed by atoms with Crippen molar-refractivity contribution >= 4 is 40.6 Å². The number of benzene rings is 2. The maximum Gasteiger partial charge on any atom is 0.343 e.